The quantitative estimate of drug-likeness (QED) is 0.307. The van der Waals surface area contributed by atoms with Gasteiger partial charge in [-0.05, 0) is 43.3 Å². The minimum absolute atomic E-state index is 0.0781. The van der Waals surface area contributed by atoms with E-state index in [1.54, 1.807) is 24.7 Å². The van der Waals surface area contributed by atoms with Crippen molar-refractivity contribution in [1.82, 2.24) is 24.1 Å². The summed E-state index contributed by atoms with van der Waals surface area (Å²) in [6, 6.07) is 17.0. The molecule has 34 heavy (non-hydrogen) atoms. The fraction of sp³-hybridized carbons (Fsp3) is 0.167. The predicted octanol–water partition coefficient (Wildman–Crippen LogP) is 4.62. The van der Waals surface area contributed by atoms with E-state index in [2.05, 4.69) is 15.2 Å². The average molecular weight is 492 g/mol. The number of methoxy groups -OCH3 is 2. The third-order valence-electron chi connectivity index (χ3n) is 5.29. The maximum atomic E-state index is 12.6. The highest BCUT2D eigenvalue weighted by atomic mass is 32.2. The summed E-state index contributed by atoms with van der Waals surface area (Å²) in [5.74, 6) is 2.59. The molecule has 0 unspecified atom stereocenters. The standard InChI is InChI=1S/C24H21N5O3S2/c1-15-13-33-23-25-16(12-21(30)28(15)23)14-34-24-27-26-22(19-6-4-5-7-20(19)32-3)29(24)17-8-10-18(31-2)11-9-17/h4-13H,14H2,1-3H3. The Morgan fingerprint density at radius 3 is 2.59 bits per heavy atom. The van der Waals surface area contributed by atoms with E-state index in [0.717, 1.165) is 22.7 Å². The fourth-order valence-electron chi connectivity index (χ4n) is 3.64. The number of aryl methyl sites for hydroxylation is 1. The molecular formula is C24H21N5O3S2. The summed E-state index contributed by atoms with van der Waals surface area (Å²) in [7, 11) is 3.27. The van der Waals surface area contributed by atoms with Gasteiger partial charge in [0.25, 0.3) is 5.56 Å². The summed E-state index contributed by atoms with van der Waals surface area (Å²) < 4.78 is 14.5. The third-order valence-corrected chi connectivity index (χ3v) is 7.20. The van der Waals surface area contributed by atoms with Gasteiger partial charge in [-0.2, -0.15) is 0 Å². The Hall–Kier alpha value is -3.63. The zero-order chi connectivity index (χ0) is 23.7. The minimum Gasteiger partial charge on any atom is -0.497 e. The second-order valence-corrected chi connectivity index (χ2v) is 9.19. The van der Waals surface area contributed by atoms with Crippen LogP contribution in [0.3, 0.4) is 0 Å². The van der Waals surface area contributed by atoms with Crippen LogP contribution in [0.15, 0.2) is 69.9 Å². The van der Waals surface area contributed by atoms with Gasteiger partial charge in [0.2, 0.25) is 0 Å². The summed E-state index contributed by atoms with van der Waals surface area (Å²) in [6.45, 7) is 1.90. The predicted molar refractivity (Wildman–Crippen MR) is 134 cm³/mol. The highest BCUT2D eigenvalue weighted by Gasteiger charge is 2.19. The van der Waals surface area contributed by atoms with Crippen molar-refractivity contribution >= 4 is 28.1 Å². The Morgan fingerprint density at radius 2 is 1.82 bits per heavy atom. The first-order chi connectivity index (χ1) is 16.6. The monoisotopic (exact) mass is 491 g/mol. The van der Waals surface area contributed by atoms with Crippen LogP contribution in [-0.2, 0) is 5.75 Å². The highest BCUT2D eigenvalue weighted by molar-refractivity contribution is 7.98. The van der Waals surface area contributed by atoms with Crippen molar-refractivity contribution in [3.05, 3.63) is 81.7 Å². The number of hydrogen-bond donors (Lipinski definition) is 0. The van der Waals surface area contributed by atoms with Crippen LogP contribution >= 0.6 is 23.1 Å². The van der Waals surface area contributed by atoms with Crippen molar-refractivity contribution in [2.45, 2.75) is 17.8 Å². The molecule has 5 aromatic rings. The van der Waals surface area contributed by atoms with Crippen LogP contribution < -0.4 is 15.0 Å². The molecule has 0 atom stereocenters. The van der Waals surface area contributed by atoms with Gasteiger partial charge in [0.05, 0.1) is 31.2 Å². The number of rotatable bonds is 7. The van der Waals surface area contributed by atoms with E-state index in [-0.39, 0.29) is 5.56 Å². The molecule has 0 bridgehead atoms. The molecule has 0 aliphatic heterocycles. The summed E-state index contributed by atoms with van der Waals surface area (Å²) in [5.41, 5.74) is 3.21. The van der Waals surface area contributed by atoms with Gasteiger partial charge < -0.3 is 9.47 Å². The van der Waals surface area contributed by atoms with E-state index in [1.165, 1.54) is 23.1 Å². The van der Waals surface area contributed by atoms with Crippen molar-refractivity contribution in [2.75, 3.05) is 14.2 Å². The fourth-order valence-corrected chi connectivity index (χ4v) is 5.38. The van der Waals surface area contributed by atoms with Crippen molar-refractivity contribution in [2.24, 2.45) is 0 Å². The lowest BCUT2D eigenvalue weighted by Gasteiger charge is -2.13. The van der Waals surface area contributed by atoms with Crippen molar-refractivity contribution in [1.29, 1.82) is 0 Å². The van der Waals surface area contributed by atoms with Gasteiger partial charge in [-0.3, -0.25) is 13.8 Å². The molecule has 2 aromatic carbocycles. The van der Waals surface area contributed by atoms with Gasteiger partial charge in [0.1, 0.15) is 11.5 Å². The first-order valence-corrected chi connectivity index (χ1v) is 12.3. The highest BCUT2D eigenvalue weighted by Crippen LogP contribution is 2.34. The zero-order valence-electron chi connectivity index (χ0n) is 18.8. The molecule has 0 saturated heterocycles. The van der Waals surface area contributed by atoms with Crippen LogP contribution in [-0.4, -0.2) is 38.4 Å². The number of para-hydroxylation sites is 1. The van der Waals surface area contributed by atoms with Crippen molar-refractivity contribution in [3.63, 3.8) is 0 Å². The number of benzene rings is 2. The molecule has 3 aromatic heterocycles. The number of aromatic nitrogens is 5. The Labute approximate surface area is 203 Å². The van der Waals surface area contributed by atoms with E-state index in [9.17, 15) is 4.79 Å². The van der Waals surface area contributed by atoms with Gasteiger partial charge in [-0.25, -0.2) is 4.98 Å². The normalized spacial score (nSPS) is 11.1. The topological polar surface area (TPSA) is 83.5 Å². The average Bonchev–Trinajstić information content (AvgIpc) is 3.46. The lowest BCUT2D eigenvalue weighted by molar-refractivity contribution is 0.414. The molecule has 0 radical (unpaired) electrons. The molecule has 0 fully saturated rings. The first-order valence-electron chi connectivity index (χ1n) is 10.4. The van der Waals surface area contributed by atoms with Gasteiger partial charge in [0, 0.05) is 22.9 Å². The molecule has 5 rings (SSSR count). The molecule has 8 nitrogen and oxygen atoms in total. The molecule has 0 aliphatic rings. The minimum atomic E-state index is -0.0781. The van der Waals surface area contributed by atoms with Crippen LogP contribution in [0.1, 0.15) is 11.4 Å². The van der Waals surface area contributed by atoms with Crippen LogP contribution in [0.25, 0.3) is 22.0 Å². The number of nitrogens with zero attached hydrogens (tertiary/aromatic N) is 5. The van der Waals surface area contributed by atoms with Gasteiger partial charge in [-0.1, -0.05) is 23.9 Å². The SMILES string of the molecule is COc1ccc(-n2c(SCc3cc(=O)n4c(C)csc4n3)nnc2-c2ccccc2OC)cc1. The number of hydrogen-bond acceptors (Lipinski definition) is 8. The van der Waals surface area contributed by atoms with Gasteiger partial charge in [0.15, 0.2) is 15.9 Å². The third kappa shape index (κ3) is 4.06. The van der Waals surface area contributed by atoms with Crippen LogP contribution in [0.4, 0.5) is 0 Å². The Balaban J connectivity index is 1.55. The summed E-state index contributed by atoms with van der Waals surface area (Å²) >= 11 is 2.93. The summed E-state index contributed by atoms with van der Waals surface area (Å²) in [5, 5.41) is 11.6. The molecule has 172 valence electrons. The molecule has 0 N–H and O–H groups in total. The smallest absolute Gasteiger partial charge is 0.258 e. The van der Waals surface area contributed by atoms with Gasteiger partial charge >= 0.3 is 0 Å². The van der Waals surface area contributed by atoms with E-state index in [4.69, 9.17) is 9.47 Å². The Bertz CT molecular complexity index is 1520. The lowest BCUT2D eigenvalue weighted by Crippen LogP contribution is -2.14. The molecule has 0 saturated carbocycles. The van der Waals surface area contributed by atoms with Crippen LogP contribution in [0, 0.1) is 6.92 Å². The molecule has 0 aliphatic carbocycles. The lowest BCUT2D eigenvalue weighted by atomic mass is 10.2. The van der Waals surface area contributed by atoms with E-state index < -0.39 is 0 Å². The summed E-state index contributed by atoms with van der Waals surface area (Å²) in [6.07, 6.45) is 0. The number of thiazole rings is 1. The molecule has 10 heteroatoms. The Morgan fingerprint density at radius 1 is 1.03 bits per heavy atom. The molecule has 0 spiro atoms. The maximum Gasteiger partial charge on any atom is 0.258 e. The van der Waals surface area contributed by atoms with Crippen LogP contribution in [0.2, 0.25) is 0 Å². The van der Waals surface area contributed by atoms with E-state index in [0.29, 0.717) is 33.1 Å². The van der Waals surface area contributed by atoms with E-state index >= 15 is 0 Å². The molecule has 0 amide bonds. The van der Waals surface area contributed by atoms with Gasteiger partial charge in [-0.15, -0.1) is 21.5 Å². The largest absolute Gasteiger partial charge is 0.497 e. The van der Waals surface area contributed by atoms with E-state index in [1.807, 2.05) is 65.4 Å². The maximum absolute atomic E-state index is 12.6. The zero-order valence-corrected chi connectivity index (χ0v) is 20.4. The summed E-state index contributed by atoms with van der Waals surface area (Å²) in [4.78, 5) is 17.9. The molecular weight excluding hydrogens is 470 g/mol. The van der Waals surface area contributed by atoms with Crippen LogP contribution in [0.5, 0.6) is 11.5 Å². The van der Waals surface area contributed by atoms with Crippen molar-refractivity contribution in [3.8, 4) is 28.6 Å². The Kier molecular flexibility index (Phi) is 6.08. The number of thioether (sulfide) groups is 1. The second kappa shape index (κ2) is 9.32. The second-order valence-electron chi connectivity index (χ2n) is 7.41. The number of fused-ring (bicyclic) bond motifs is 1. The first kappa shape index (κ1) is 22.2. The van der Waals surface area contributed by atoms with Crippen molar-refractivity contribution < 1.29 is 9.47 Å². The molecule has 3 heterocycles. The number of ether oxygens (including phenoxy) is 2.